The Balaban J connectivity index is 2.27. The van der Waals surface area contributed by atoms with E-state index in [-0.39, 0.29) is 0 Å². The summed E-state index contributed by atoms with van der Waals surface area (Å²) < 4.78 is 0. The summed E-state index contributed by atoms with van der Waals surface area (Å²) in [6.45, 7) is 2.68. The smallest absolute Gasteiger partial charge is 0.0440 e. The van der Waals surface area contributed by atoms with Crippen LogP contribution in [0.15, 0.2) is 12.1 Å². The van der Waals surface area contributed by atoms with Gasteiger partial charge in [0.2, 0.25) is 0 Å². The van der Waals surface area contributed by atoms with E-state index < -0.39 is 0 Å². The van der Waals surface area contributed by atoms with Crippen molar-refractivity contribution in [2.24, 2.45) is 5.73 Å². The average molecular weight is 190 g/mol. The van der Waals surface area contributed by atoms with Gasteiger partial charge in [-0.25, -0.2) is 0 Å². The molecule has 1 aliphatic rings. The molecule has 1 aromatic rings. The van der Waals surface area contributed by atoms with Crippen molar-refractivity contribution in [1.29, 1.82) is 0 Å². The number of nitrogens with zero attached hydrogens (tertiary/aromatic N) is 1. The van der Waals surface area contributed by atoms with Crippen molar-refractivity contribution in [1.82, 2.24) is 4.98 Å². The minimum Gasteiger partial charge on any atom is -0.326 e. The molecule has 1 aliphatic carbocycles. The molecule has 2 N–H and O–H groups in total. The molecule has 76 valence electrons. The lowest BCUT2D eigenvalue weighted by Crippen LogP contribution is -2.03. The molecule has 14 heavy (non-hydrogen) atoms. The van der Waals surface area contributed by atoms with E-state index in [9.17, 15) is 0 Å². The number of rotatable bonds is 2. The predicted molar refractivity (Wildman–Crippen MR) is 58.1 cm³/mol. The molecule has 0 bridgehead atoms. The first-order valence-corrected chi connectivity index (χ1v) is 5.47. The normalized spacial score (nSPS) is 17.6. The van der Waals surface area contributed by atoms with Gasteiger partial charge in [-0.05, 0) is 37.5 Å². The largest absolute Gasteiger partial charge is 0.326 e. The number of hydrogen-bond acceptors (Lipinski definition) is 2. The predicted octanol–water partition coefficient (Wildman–Crippen LogP) is 2.51. The van der Waals surface area contributed by atoms with Gasteiger partial charge in [-0.3, -0.25) is 4.98 Å². The molecule has 0 aliphatic heterocycles. The molecular formula is C12H18N2. The van der Waals surface area contributed by atoms with Crippen LogP contribution in [-0.2, 0) is 6.54 Å². The highest BCUT2D eigenvalue weighted by atomic mass is 14.7. The van der Waals surface area contributed by atoms with Crippen LogP contribution in [0.25, 0.3) is 0 Å². The van der Waals surface area contributed by atoms with E-state index in [1.54, 1.807) is 0 Å². The topological polar surface area (TPSA) is 38.9 Å². The van der Waals surface area contributed by atoms with Crippen LogP contribution in [0.4, 0.5) is 0 Å². The van der Waals surface area contributed by atoms with Crippen molar-refractivity contribution >= 4 is 0 Å². The number of aryl methyl sites for hydroxylation is 1. The molecule has 1 fully saturated rings. The minimum atomic E-state index is 0.628. The monoisotopic (exact) mass is 190 g/mol. The Morgan fingerprint density at radius 1 is 1.36 bits per heavy atom. The van der Waals surface area contributed by atoms with Crippen LogP contribution in [0.3, 0.4) is 0 Å². The summed E-state index contributed by atoms with van der Waals surface area (Å²) in [4.78, 5) is 4.61. The van der Waals surface area contributed by atoms with Gasteiger partial charge in [0.15, 0.2) is 0 Å². The van der Waals surface area contributed by atoms with Crippen LogP contribution in [0.5, 0.6) is 0 Å². The quantitative estimate of drug-likeness (QED) is 0.778. The van der Waals surface area contributed by atoms with Gasteiger partial charge < -0.3 is 5.73 Å². The zero-order valence-electron chi connectivity index (χ0n) is 8.79. The highest BCUT2D eigenvalue weighted by Crippen LogP contribution is 2.33. The van der Waals surface area contributed by atoms with Crippen molar-refractivity contribution < 1.29 is 0 Å². The number of aromatic nitrogens is 1. The Morgan fingerprint density at radius 2 is 2.07 bits per heavy atom. The maximum absolute atomic E-state index is 5.66. The van der Waals surface area contributed by atoms with E-state index in [1.165, 1.54) is 36.9 Å². The maximum atomic E-state index is 5.66. The van der Waals surface area contributed by atoms with Crippen LogP contribution in [0.1, 0.15) is 48.6 Å². The first kappa shape index (κ1) is 9.66. The van der Waals surface area contributed by atoms with Gasteiger partial charge in [0.25, 0.3) is 0 Å². The second-order valence-corrected chi connectivity index (χ2v) is 4.23. The van der Waals surface area contributed by atoms with E-state index in [0.717, 1.165) is 5.69 Å². The van der Waals surface area contributed by atoms with Gasteiger partial charge in [0.1, 0.15) is 0 Å². The van der Waals surface area contributed by atoms with Crippen LogP contribution < -0.4 is 5.73 Å². The first-order chi connectivity index (χ1) is 6.79. The zero-order valence-corrected chi connectivity index (χ0v) is 8.79. The highest BCUT2D eigenvalue weighted by Gasteiger charge is 2.18. The molecule has 1 heterocycles. The summed E-state index contributed by atoms with van der Waals surface area (Å²) in [5, 5.41) is 0. The second-order valence-electron chi connectivity index (χ2n) is 4.23. The van der Waals surface area contributed by atoms with Crippen LogP contribution in [-0.4, -0.2) is 4.98 Å². The molecular weight excluding hydrogens is 172 g/mol. The summed E-state index contributed by atoms with van der Waals surface area (Å²) in [5.41, 5.74) is 9.25. The fourth-order valence-electron chi connectivity index (χ4n) is 2.32. The molecule has 0 amide bonds. The summed E-state index contributed by atoms with van der Waals surface area (Å²) in [6, 6.07) is 4.27. The summed E-state index contributed by atoms with van der Waals surface area (Å²) in [5.74, 6) is 0.695. The number of hydrogen-bond donors (Lipinski definition) is 1. The average Bonchev–Trinajstić information content (AvgIpc) is 2.69. The third kappa shape index (κ3) is 1.95. The fourth-order valence-corrected chi connectivity index (χ4v) is 2.32. The molecule has 0 atom stereocenters. The Hall–Kier alpha value is -0.890. The lowest BCUT2D eigenvalue weighted by atomic mass is 10.0. The van der Waals surface area contributed by atoms with Crippen LogP contribution >= 0.6 is 0 Å². The van der Waals surface area contributed by atoms with Crippen LogP contribution in [0, 0.1) is 6.92 Å². The zero-order chi connectivity index (χ0) is 9.97. The standard InChI is InChI=1S/C12H18N2/c1-9-6-10(8-13)7-12(14-9)11-4-2-3-5-11/h6-7,11H,2-5,8,13H2,1H3. The number of pyridine rings is 1. The fraction of sp³-hybridized carbons (Fsp3) is 0.583. The lowest BCUT2D eigenvalue weighted by Gasteiger charge is -2.10. The molecule has 1 saturated carbocycles. The van der Waals surface area contributed by atoms with Crippen molar-refractivity contribution in [3.05, 3.63) is 29.1 Å². The molecule has 1 aromatic heterocycles. The van der Waals surface area contributed by atoms with Gasteiger partial charge in [-0.2, -0.15) is 0 Å². The minimum absolute atomic E-state index is 0.628. The summed E-state index contributed by atoms with van der Waals surface area (Å²) >= 11 is 0. The van der Waals surface area contributed by atoms with Crippen molar-refractivity contribution in [3.8, 4) is 0 Å². The SMILES string of the molecule is Cc1cc(CN)cc(C2CCCC2)n1. The van der Waals surface area contributed by atoms with Gasteiger partial charge >= 0.3 is 0 Å². The maximum Gasteiger partial charge on any atom is 0.0440 e. The third-order valence-corrected chi connectivity index (χ3v) is 3.04. The van der Waals surface area contributed by atoms with Crippen molar-refractivity contribution in [3.63, 3.8) is 0 Å². The van der Waals surface area contributed by atoms with Crippen molar-refractivity contribution in [2.45, 2.75) is 45.1 Å². The van der Waals surface area contributed by atoms with Gasteiger partial charge in [-0.15, -0.1) is 0 Å². The van der Waals surface area contributed by atoms with Gasteiger partial charge in [0, 0.05) is 23.9 Å². The Labute approximate surface area is 85.5 Å². The van der Waals surface area contributed by atoms with Crippen LogP contribution in [0.2, 0.25) is 0 Å². The molecule has 2 heteroatoms. The highest BCUT2D eigenvalue weighted by molar-refractivity contribution is 5.23. The van der Waals surface area contributed by atoms with E-state index in [0.29, 0.717) is 12.5 Å². The van der Waals surface area contributed by atoms with E-state index in [1.807, 2.05) is 0 Å². The Kier molecular flexibility index (Phi) is 2.82. The molecule has 2 nitrogen and oxygen atoms in total. The third-order valence-electron chi connectivity index (χ3n) is 3.04. The molecule has 0 saturated heterocycles. The number of nitrogens with two attached hydrogens (primary N) is 1. The molecule has 0 radical (unpaired) electrons. The first-order valence-electron chi connectivity index (χ1n) is 5.47. The molecule has 0 spiro atoms. The van der Waals surface area contributed by atoms with Crippen molar-refractivity contribution in [2.75, 3.05) is 0 Å². The van der Waals surface area contributed by atoms with Gasteiger partial charge in [-0.1, -0.05) is 12.8 Å². The second kappa shape index (κ2) is 4.09. The van der Waals surface area contributed by atoms with E-state index in [4.69, 9.17) is 5.73 Å². The van der Waals surface area contributed by atoms with E-state index >= 15 is 0 Å². The lowest BCUT2D eigenvalue weighted by molar-refractivity contribution is 0.692. The van der Waals surface area contributed by atoms with E-state index in [2.05, 4.69) is 24.0 Å². The Bertz CT molecular complexity index is 314. The Morgan fingerprint density at radius 3 is 2.71 bits per heavy atom. The summed E-state index contributed by atoms with van der Waals surface area (Å²) in [6.07, 6.45) is 5.33. The molecule has 2 rings (SSSR count). The summed E-state index contributed by atoms with van der Waals surface area (Å²) in [7, 11) is 0. The van der Waals surface area contributed by atoms with Gasteiger partial charge in [0.05, 0.1) is 0 Å². The molecule has 0 aromatic carbocycles. The molecule has 0 unspecified atom stereocenters.